The Morgan fingerprint density at radius 1 is 1.29 bits per heavy atom. The summed E-state index contributed by atoms with van der Waals surface area (Å²) in [6.45, 7) is 4.13. The second kappa shape index (κ2) is 4.43. The highest BCUT2D eigenvalue weighted by atomic mass is 32.1. The summed E-state index contributed by atoms with van der Waals surface area (Å²) < 4.78 is 13.7. The number of fused-ring (bicyclic) bond motifs is 1. The first-order valence-electron chi connectivity index (χ1n) is 5.46. The zero-order valence-corrected chi connectivity index (χ0v) is 10.7. The molecule has 0 aromatic heterocycles. The minimum absolute atomic E-state index is 0.276. The summed E-state index contributed by atoms with van der Waals surface area (Å²) in [4.78, 5) is 0.871. The van der Waals surface area contributed by atoms with E-state index >= 15 is 0 Å². The van der Waals surface area contributed by atoms with Crippen molar-refractivity contribution in [1.82, 2.24) is 0 Å². The van der Waals surface area contributed by atoms with Crippen molar-refractivity contribution in [3.05, 3.63) is 41.2 Å². The van der Waals surface area contributed by atoms with Crippen molar-refractivity contribution in [3.63, 3.8) is 0 Å². The number of rotatable bonds is 1. The van der Waals surface area contributed by atoms with Gasteiger partial charge in [0.05, 0.1) is 5.56 Å². The van der Waals surface area contributed by atoms with Gasteiger partial charge in [0, 0.05) is 10.3 Å². The summed E-state index contributed by atoms with van der Waals surface area (Å²) in [5.74, 6) is 2.39. The lowest BCUT2D eigenvalue weighted by Crippen LogP contribution is -1.95. The number of benzene rings is 2. The van der Waals surface area contributed by atoms with Crippen LogP contribution in [0.3, 0.4) is 0 Å². The molecule has 2 aromatic carbocycles. The molecule has 0 amide bonds. The Balaban J connectivity index is 2.98. The monoisotopic (exact) mass is 244 g/mol. The fraction of sp³-hybridized carbons (Fsp3) is 0.200. The van der Waals surface area contributed by atoms with E-state index in [-0.39, 0.29) is 11.7 Å². The van der Waals surface area contributed by atoms with E-state index in [1.54, 1.807) is 6.07 Å². The first kappa shape index (κ1) is 12.0. The minimum atomic E-state index is -0.339. The van der Waals surface area contributed by atoms with Gasteiger partial charge in [-0.3, -0.25) is 0 Å². The Bertz CT molecular complexity index is 621. The Labute approximate surface area is 106 Å². The molecule has 0 radical (unpaired) electrons. The second-order valence-electron chi connectivity index (χ2n) is 4.35. The van der Waals surface area contributed by atoms with Gasteiger partial charge < -0.3 is 0 Å². The predicted octanol–water partition coefficient (Wildman–Crippen LogP) is 4.37. The van der Waals surface area contributed by atoms with E-state index in [1.807, 2.05) is 12.1 Å². The van der Waals surface area contributed by atoms with Crippen LogP contribution in [0.25, 0.3) is 10.8 Å². The van der Waals surface area contributed by atoms with Crippen LogP contribution in [0.1, 0.15) is 30.9 Å². The predicted molar refractivity (Wildman–Crippen MR) is 73.2 cm³/mol. The fourth-order valence-electron chi connectivity index (χ4n) is 2.05. The zero-order valence-electron chi connectivity index (χ0n) is 9.79. The number of thiol groups is 1. The third-order valence-electron chi connectivity index (χ3n) is 2.85. The van der Waals surface area contributed by atoms with Crippen LogP contribution in [0.5, 0.6) is 0 Å². The van der Waals surface area contributed by atoms with Gasteiger partial charge in [0.2, 0.25) is 0 Å². The molecular formula is C15H13FS. The summed E-state index contributed by atoms with van der Waals surface area (Å²) in [6, 6.07) is 7.02. The average Bonchev–Trinajstić information content (AvgIpc) is 2.28. The second-order valence-corrected chi connectivity index (χ2v) is 4.87. The molecule has 0 spiro atoms. The lowest BCUT2D eigenvalue weighted by molar-refractivity contribution is 0.626. The molecule has 0 nitrogen and oxygen atoms in total. The molecule has 0 unspecified atom stereocenters. The number of terminal acetylenes is 1. The van der Waals surface area contributed by atoms with Gasteiger partial charge >= 0.3 is 0 Å². The SMILES string of the molecule is C#Cc1c(F)ccc2cc(S)cc(C(C)C)c12. The summed E-state index contributed by atoms with van der Waals surface area (Å²) in [6.07, 6.45) is 5.41. The molecule has 0 aliphatic rings. The highest BCUT2D eigenvalue weighted by molar-refractivity contribution is 7.80. The molecule has 2 aromatic rings. The first-order valence-corrected chi connectivity index (χ1v) is 5.91. The van der Waals surface area contributed by atoms with Gasteiger partial charge in [0.1, 0.15) is 5.82 Å². The van der Waals surface area contributed by atoms with Crippen LogP contribution in [0.4, 0.5) is 4.39 Å². The molecule has 0 aliphatic heterocycles. The van der Waals surface area contributed by atoms with Crippen LogP contribution in [-0.2, 0) is 0 Å². The standard InChI is InChI=1S/C15H13FS/c1-4-12-14(16)6-5-10-7-11(17)8-13(9(2)3)15(10)12/h1,5-9,17H,2-3H3. The molecule has 0 saturated heterocycles. The van der Waals surface area contributed by atoms with E-state index in [4.69, 9.17) is 6.42 Å². The third kappa shape index (κ3) is 2.03. The van der Waals surface area contributed by atoms with Crippen molar-refractivity contribution < 1.29 is 4.39 Å². The van der Waals surface area contributed by atoms with E-state index in [0.29, 0.717) is 5.56 Å². The van der Waals surface area contributed by atoms with E-state index in [1.165, 1.54) is 6.07 Å². The van der Waals surface area contributed by atoms with Gasteiger partial charge in [-0.05, 0) is 35.1 Å². The molecule has 17 heavy (non-hydrogen) atoms. The van der Waals surface area contributed by atoms with Crippen LogP contribution >= 0.6 is 12.6 Å². The molecule has 0 fully saturated rings. The number of hydrogen-bond acceptors (Lipinski definition) is 1. The zero-order chi connectivity index (χ0) is 12.6. The van der Waals surface area contributed by atoms with Crippen LogP contribution in [0.15, 0.2) is 29.2 Å². The van der Waals surface area contributed by atoms with E-state index in [2.05, 4.69) is 32.4 Å². The minimum Gasteiger partial charge on any atom is -0.206 e. The third-order valence-corrected chi connectivity index (χ3v) is 3.11. The fourth-order valence-corrected chi connectivity index (χ4v) is 2.33. The molecule has 0 atom stereocenters. The largest absolute Gasteiger partial charge is 0.206 e. The molecule has 0 N–H and O–H groups in total. The molecule has 86 valence electrons. The summed E-state index contributed by atoms with van der Waals surface area (Å²) in [5, 5.41) is 1.77. The van der Waals surface area contributed by atoms with Gasteiger partial charge in [-0.1, -0.05) is 25.8 Å². The molecular weight excluding hydrogens is 231 g/mol. The first-order chi connectivity index (χ1) is 8.04. The number of halogens is 1. The Morgan fingerprint density at radius 3 is 2.59 bits per heavy atom. The lowest BCUT2D eigenvalue weighted by Gasteiger charge is -2.13. The van der Waals surface area contributed by atoms with Crippen LogP contribution in [0.2, 0.25) is 0 Å². The number of hydrogen-bond donors (Lipinski definition) is 1. The van der Waals surface area contributed by atoms with Gasteiger partial charge in [-0.25, -0.2) is 4.39 Å². The van der Waals surface area contributed by atoms with Gasteiger partial charge in [-0.2, -0.15) is 0 Å². The summed E-state index contributed by atoms with van der Waals surface area (Å²) in [5.41, 5.74) is 1.39. The van der Waals surface area contributed by atoms with Crippen molar-refractivity contribution in [2.75, 3.05) is 0 Å². The highest BCUT2D eigenvalue weighted by Crippen LogP contribution is 2.32. The van der Waals surface area contributed by atoms with E-state index < -0.39 is 0 Å². The van der Waals surface area contributed by atoms with Crippen molar-refractivity contribution in [2.24, 2.45) is 0 Å². The van der Waals surface area contributed by atoms with E-state index in [9.17, 15) is 4.39 Å². The maximum absolute atomic E-state index is 13.7. The van der Waals surface area contributed by atoms with Crippen molar-refractivity contribution in [2.45, 2.75) is 24.7 Å². The average molecular weight is 244 g/mol. The van der Waals surface area contributed by atoms with E-state index in [0.717, 1.165) is 21.2 Å². The van der Waals surface area contributed by atoms with Crippen LogP contribution in [-0.4, -0.2) is 0 Å². The highest BCUT2D eigenvalue weighted by Gasteiger charge is 2.12. The maximum Gasteiger partial charge on any atom is 0.139 e. The quantitative estimate of drug-likeness (QED) is 0.559. The Kier molecular flexibility index (Phi) is 3.13. The van der Waals surface area contributed by atoms with Gasteiger partial charge in [-0.15, -0.1) is 19.1 Å². The summed E-state index contributed by atoms with van der Waals surface area (Å²) in [7, 11) is 0. The Morgan fingerprint density at radius 2 is 2.00 bits per heavy atom. The van der Waals surface area contributed by atoms with Gasteiger partial charge in [0.15, 0.2) is 0 Å². The van der Waals surface area contributed by atoms with Crippen LogP contribution in [0, 0.1) is 18.2 Å². The molecule has 0 heterocycles. The lowest BCUT2D eigenvalue weighted by atomic mass is 9.92. The van der Waals surface area contributed by atoms with Crippen molar-refractivity contribution >= 4 is 23.4 Å². The molecule has 0 aliphatic carbocycles. The normalized spacial score (nSPS) is 10.8. The molecule has 2 rings (SSSR count). The smallest absolute Gasteiger partial charge is 0.139 e. The maximum atomic E-state index is 13.7. The van der Waals surface area contributed by atoms with Gasteiger partial charge in [0.25, 0.3) is 0 Å². The summed E-state index contributed by atoms with van der Waals surface area (Å²) >= 11 is 4.37. The molecule has 2 heteroatoms. The molecule has 0 bridgehead atoms. The Hall–Kier alpha value is -1.46. The topological polar surface area (TPSA) is 0 Å². The van der Waals surface area contributed by atoms with Crippen molar-refractivity contribution in [1.29, 1.82) is 0 Å². The molecule has 0 saturated carbocycles. The van der Waals surface area contributed by atoms with Crippen molar-refractivity contribution in [3.8, 4) is 12.3 Å². The van der Waals surface area contributed by atoms with Crippen LogP contribution < -0.4 is 0 Å².